The fourth-order valence-corrected chi connectivity index (χ4v) is 4.57. The number of rotatable bonds is 6. The van der Waals surface area contributed by atoms with E-state index in [-0.39, 0.29) is 24.2 Å². The maximum absolute atomic E-state index is 12.7. The van der Waals surface area contributed by atoms with Gasteiger partial charge in [0.25, 0.3) is 0 Å². The number of hydrogen-bond donors (Lipinski definition) is 1. The monoisotopic (exact) mass is 409 g/mol. The van der Waals surface area contributed by atoms with Gasteiger partial charge in [0.15, 0.2) is 0 Å². The Morgan fingerprint density at radius 1 is 1.07 bits per heavy atom. The number of amides is 2. The summed E-state index contributed by atoms with van der Waals surface area (Å²) >= 11 is 1.67. The van der Waals surface area contributed by atoms with Crippen LogP contribution in [0, 0.1) is 11.8 Å². The molecule has 2 heterocycles. The number of carbonyl (C=O) groups excluding carboxylic acids is 2. The molecule has 2 amide bonds. The minimum Gasteiger partial charge on any atom is -0.371 e. The Morgan fingerprint density at radius 3 is 2.55 bits per heavy atom. The quantitative estimate of drug-likeness (QED) is 0.743. The summed E-state index contributed by atoms with van der Waals surface area (Å²) in [5.74, 6) is 0.207. The van der Waals surface area contributed by atoms with Gasteiger partial charge in [0.1, 0.15) is 0 Å². The van der Waals surface area contributed by atoms with E-state index in [4.69, 9.17) is 0 Å². The molecule has 2 saturated heterocycles. The first-order valence-electron chi connectivity index (χ1n) is 10.2. The largest absolute Gasteiger partial charge is 0.371 e. The van der Waals surface area contributed by atoms with Gasteiger partial charge in [-0.15, -0.1) is 11.8 Å². The van der Waals surface area contributed by atoms with Crippen molar-refractivity contribution in [3.63, 3.8) is 0 Å². The van der Waals surface area contributed by atoms with Crippen molar-refractivity contribution in [1.82, 2.24) is 5.32 Å². The maximum atomic E-state index is 12.7. The fourth-order valence-electron chi connectivity index (χ4n) is 4.16. The molecule has 0 bridgehead atoms. The lowest BCUT2D eigenvalue weighted by molar-refractivity contribution is -0.126. The predicted octanol–water partition coefficient (Wildman–Crippen LogP) is 3.40. The van der Waals surface area contributed by atoms with Crippen molar-refractivity contribution in [3.8, 4) is 0 Å². The highest BCUT2D eigenvalue weighted by Gasteiger charge is 2.35. The van der Waals surface area contributed by atoms with Crippen molar-refractivity contribution >= 4 is 35.0 Å². The molecule has 0 spiro atoms. The normalized spacial score (nSPS) is 21.6. The molecule has 29 heavy (non-hydrogen) atoms. The van der Waals surface area contributed by atoms with E-state index in [1.165, 1.54) is 5.69 Å². The van der Waals surface area contributed by atoms with E-state index in [1.807, 2.05) is 36.6 Å². The maximum Gasteiger partial charge on any atom is 0.227 e. The number of hydrogen-bond acceptors (Lipinski definition) is 4. The highest BCUT2D eigenvalue weighted by Crippen LogP contribution is 2.28. The number of carbonyl (C=O) groups is 2. The highest BCUT2D eigenvalue weighted by molar-refractivity contribution is 7.98. The Bertz CT molecular complexity index is 856. The van der Waals surface area contributed by atoms with Crippen LogP contribution in [0.5, 0.6) is 0 Å². The van der Waals surface area contributed by atoms with Crippen LogP contribution < -0.4 is 15.1 Å². The van der Waals surface area contributed by atoms with E-state index >= 15 is 0 Å². The van der Waals surface area contributed by atoms with E-state index in [0.717, 1.165) is 30.1 Å². The molecule has 0 aliphatic carbocycles. The summed E-state index contributed by atoms with van der Waals surface area (Å²) in [6, 6.07) is 18.3. The molecule has 2 aliphatic heterocycles. The van der Waals surface area contributed by atoms with Crippen LogP contribution in [0.4, 0.5) is 11.4 Å². The second-order valence-corrected chi connectivity index (χ2v) is 8.66. The Hall–Kier alpha value is -2.47. The summed E-state index contributed by atoms with van der Waals surface area (Å²) in [5, 5.41) is 3.10. The lowest BCUT2D eigenvalue weighted by Gasteiger charge is -2.19. The van der Waals surface area contributed by atoms with Gasteiger partial charge in [0, 0.05) is 48.9 Å². The van der Waals surface area contributed by atoms with Crippen molar-refractivity contribution in [1.29, 1.82) is 0 Å². The minimum absolute atomic E-state index is 0.000236. The number of nitrogens with one attached hydrogen (secondary N) is 1. The van der Waals surface area contributed by atoms with Crippen LogP contribution >= 0.6 is 11.8 Å². The van der Waals surface area contributed by atoms with Gasteiger partial charge in [-0.1, -0.05) is 18.2 Å². The molecule has 0 radical (unpaired) electrons. The van der Waals surface area contributed by atoms with E-state index in [2.05, 4.69) is 34.5 Å². The van der Waals surface area contributed by atoms with Gasteiger partial charge in [-0.2, -0.15) is 0 Å². The molecule has 6 heteroatoms. The average molecular weight is 410 g/mol. The molecular weight excluding hydrogens is 382 g/mol. The molecule has 2 aliphatic rings. The van der Waals surface area contributed by atoms with Crippen LogP contribution in [0.15, 0.2) is 59.5 Å². The van der Waals surface area contributed by atoms with Gasteiger partial charge < -0.3 is 15.1 Å². The Kier molecular flexibility index (Phi) is 6.09. The number of para-hydroxylation sites is 1. The van der Waals surface area contributed by atoms with Crippen molar-refractivity contribution in [3.05, 3.63) is 54.6 Å². The number of anilines is 2. The third kappa shape index (κ3) is 4.58. The second kappa shape index (κ2) is 8.91. The van der Waals surface area contributed by atoms with Gasteiger partial charge >= 0.3 is 0 Å². The van der Waals surface area contributed by atoms with Gasteiger partial charge in [0.2, 0.25) is 11.8 Å². The van der Waals surface area contributed by atoms with Crippen molar-refractivity contribution < 1.29 is 9.59 Å². The highest BCUT2D eigenvalue weighted by atomic mass is 32.2. The summed E-state index contributed by atoms with van der Waals surface area (Å²) in [7, 11) is 0. The number of benzene rings is 2. The zero-order chi connectivity index (χ0) is 20.2. The van der Waals surface area contributed by atoms with Crippen LogP contribution in [0.1, 0.15) is 12.8 Å². The average Bonchev–Trinajstić information content (AvgIpc) is 3.40. The number of thioether (sulfide) groups is 1. The molecule has 2 aromatic rings. The van der Waals surface area contributed by atoms with E-state index in [9.17, 15) is 9.59 Å². The van der Waals surface area contributed by atoms with Crippen molar-refractivity contribution in [2.75, 3.05) is 42.2 Å². The van der Waals surface area contributed by atoms with Gasteiger partial charge in [-0.25, -0.2) is 0 Å². The molecule has 5 nitrogen and oxygen atoms in total. The first-order chi connectivity index (χ1) is 14.1. The fraction of sp³-hybridized carbons (Fsp3) is 0.391. The molecule has 4 rings (SSSR count). The summed E-state index contributed by atoms with van der Waals surface area (Å²) in [6.07, 6.45) is 3.39. The summed E-state index contributed by atoms with van der Waals surface area (Å²) in [6.45, 7) is 3.12. The summed E-state index contributed by atoms with van der Waals surface area (Å²) in [4.78, 5) is 30.4. The van der Waals surface area contributed by atoms with Crippen molar-refractivity contribution in [2.45, 2.75) is 17.7 Å². The molecule has 0 aromatic heterocycles. The predicted molar refractivity (Wildman–Crippen MR) is 118 cm³/mol. The Balaban J connectivity index is 1.27. The molecule has 0 saturated carbocycles. The molecule has 152 valence electrons. The summed E-state index contributed by atoms with van der Waals surface area (Å²) < 4.78 is 0. The minimum atomic E-state index is -0.269. The van der Waals surface area contributed by atoms with Crippen molar-refractivity contribution in [2.24, 2.45) is 11.8 Å². The zero-order valence-corrected chi connectivity index (χ0v) is 17.5. The third-order valence-corrected chi connectivity index (χ3v) is 6.60. The van der Waals surface area contributed by atoms with Gasteiger partial charge in [-0.3, -0.25) is 9.59 Å². The SMILES string of the molecule is CSc1ccc(N2C[C@@H](C(=O)NC[C@@H]3CCN(c4ccccc4)C3)CC2=O)cc1. The molecule has 0 unspecified atom stereocenters. The van der Waals surface area contributed by atoms with E-state index in [1.54, 1.807) is 16.7 Å². The van der Waals surface area contributed by atoms with Gasteiger partial charge in [-0.05, 0) is 55.0 Å². The van der Waals surface area contributed by atoms with Crippen LogP contribution in [0.2, 0.25) is 0 Å². The molecule has 2 atom stereocenters. The lowest BCUT2D eigenvalue weighted by Crippen LogP contribution is -2.36. The van der Waals surface area contributed by atoms with Crippen LogP contribution in [-0.4, -0.2) is 44.2 Å². The van der Waals surface area contributed by atoms with E-state index in [0.29, 0.717) is 19.0 Å². The van der Waals surface area contributed by atoms with Crippen LogP contribution in [-0.2, 0) is 9.59 Å². The first kappa shape index (κ1) is 19.8. The Morgan fingerprint density at radius 2 is 1.83 bits per heavy atom. The van der Waals surface area contributed by atoms with Crippen LogP contribution in [0.25, 0.3) is 0 Å². The first-order valence-corrected chi connectivity index (χ1v) is 11.4. The van der Waals surface area contributed by atoms with Gasteiger partial charge in [0.05, 0.1) is 5.92 Å². The third-order valence-electron chi connectivity index (χ3n) is 5.85. The Labute approximate surface area is 176 Å². The van der Waals surface area contributed by atoms with Crippen LogP contribution in [0.3, 0.4) is 0 Å². The van der Waals surface area contributed by atoms with E-state index < -0.39 is 0 Å². The smallest absolute Gasteiger partial charge is 0.227 e. The topological polar surface area (TPSA) is 52.7 Å². The zero-order valence-electron chi connectivity index (χ0n) is 16.7. The molecule has 2 aromatic carbocycles. The lowest BCUT2D eigenvalue weighted by atomic mass is 10.1. The number of nitrogens with zero attached hydrogens (tertiary/aromatic N) is 2. The molecular formula is C23H27N3O2S. The summed E-state index contributed by atoms with van der Waals surface area (Å²) in [5.41, 5.74) is 2.11. The molecule has 1 N–H and O–H groups in total. The standard InChI is InChI=1S/C23H27N3O2S/c1-29-21-9-7-20(8-10-21)26-16-18(13-22(26)27)23(28)24-14-17-11-12-25(15-17)19-5-3-2-4-6-19/h2-10,17-18H,11-16H2,1H3,(H,24,28)/t17-,18-/m0/s1. The molecule has 2 fully saturated rings. The second-order valence-electron chi connectivity index (χ2n) is 7.78.